The van der Waals surface area contributed by atoms with E-state index in [1.165, 1.54) is 0 Å². The molecule has 0 bridgehead atoms. The van der Waals surface area contributed by atoms with Crippen molar-refractivity contribution in [2.45, 2.75) is 25.8 Å². The molecule has 2 aromatic rings. The Labute approximate surface area is 133 Å². The van der Waals surface area contributed by atoms with E-state index in [0.29, 0.717) is 11.1 Å². The standard InChI is InChI=1S/C16H17N5O2/c1-9-6-11(4-5-18-9)16(22)20-13-3-2-10-7-12(15(17)21-23)8-19-14(10)13/h4-8,13,23H,2-3H2,1H3,(H2,17,21)(H,20,22). The van der Waals surface area contributed by atoms with Crippen LogP contribution in [0, 0.1) is 6.92 Å². The molecular formula is C16H17N5O2. The molecule has 1 unspecified atom stereocenters. The maximum absolute atomic E-state index is 12.3. The Bertz CT molecular complexity index is 788. The van der Waals surface area contributed by atoms with Gasteiger partial charge in [0.2, 0.25) is 0 Å². The number of carbonyl (C=O) groups excluding carboxylic acids is 1. The number of hydrogen-bond donors (Lipinski definition) is 3. The summed E-state index contributed by atoms with van der Waals surface area (Å²) in [6, 6.07) is 5.15. The molecule has 0 saturated carbocycles. The van der Waals surface area contributed by atoms with Crippen molar-refractivity contribution in [1.29, 1.82) is 0 Å². The maximum Gasteiger partial charge on any atom is 0.251 e. The van der Waals surface area contributed by atoms with Gasteiger partial charge in [-0.3, -0.25) is 14.8 Å². The van der Waals surface area contributed by atoms with Crippen molar-refractivity contribution in [2.75, 3.05) is 0 Å². The van der Waals surface area contributed by atoms with Gasteiger partial charge in [-0.1, -0.05) is 5.16 Å². The number of nitrogens with zero attached hydrogens (tertiary/aromatic N) is 3. The fourth-order valence-corrected chi connectivity index (χ4v) is 2.74. The summed E-state index contributed by atoms with van der Waals surface area (Å²) >= 11 is 0. The molecule has 4 N–H and O–H groups in total. The number of aryl methyl sites for hydroxylation is 2. The first kappa shape index (κ1) is 15.0. The number of amides is 1. The summed E-state index contributed by atoms with van der Waals surface area (Å²) in [5.74, 6) is -0.115. The Balaban J connectivity index is 1.79. The van der Waals surface area contributed by atoms with Crippen LogP contribution in [-0.2, 0) is 6.42 Å². The van der Waals surface area contributed by atoms with Crippen LogP contribution in [0.1, 0.15) is 45.3 Å². The number of amidine groups is 1. The Hall–Kier alpha value is -2.96. The molecule has 0 aliphatic heterocycles. The van der Waals surface area contributed by atoms with Crippen LogP contribution in [0.3, 0.4) is 0 Å². The van der Waals surface area contributed by atoms with E-state index in [0.717, 1.165) is 29.8 Å². The minimum absolute atomic E-state index is 0.0278. The van der Waals surface area contributed by atoms with Crippen molar-refractivity contribution in [3.63, 3.8) is 0 Å². The highest BCUT2D eigenvalue weighted by Crippen LogP contribution is 2.30. The van der Waals surface area contributed by atoms with Crippen molar-refractivity contribution >= 4 is 11.7 Å². The molecule has 1 atom stereocenters. The molecule has 0 radical (unpaired) electrons. The summed E-state index contributed by atoms with van der Waals surface area (Å²) in [6.45, 7) is 1.85. The lowest BCUT2D eigenvalue weighted by Crippen LogP contribution is -2.27. The molecule has 2 heterocycles. The smallest absolute Gasteiger partial charge is 0.251 e. The average molecular weight is 311 g/mol. The van der Waals surface area contributed by atoms with E-state index < -0.39 is 0 Å². The second kappa shape index (κ2) is 6.04. The number of nitrogens with one attached hydrogen (secondary N) is 1. The molecule has 1 aliphatic carbocycles. The van der Waals surface area contributed by atoms with Crippen LogP contribution in [0.2, 0.25) is 0 Å². The normalized spacial score (nSPS) is 16.9. The number of aromatic nitrogens is 2. The van der Waals surface area contributed by atoms with Gasteiger partial charge >= 0.3 is 0 Å². The molecule has 0 spiro atoms. The maximum atomic E-state index is 12.3. The van der Waals surface area contributed by atoms with Gasteiger partial charge in [0.1, 0.15) is 0 Å². The van der Waals surface area contributed by atoms with Crippen LogP contribution in [-0.4, -0.2) is 26.9 Å². The topological polar surface area (TPSA) is 113 Å². The average Bonchev–Trinajstić information content (AvgIpc) is 2.96. The van der Waals surface area contributed by atoms with Crippen molar-refractivity contribution in [3.8, 4) is 0 Å². The third-order valence-electron chi connectivity index (χ3n) is 3.90. The number of rotatable bonds is 3. The van der Waals surface area contributed by atoms with Crippen molar-refractivity contribution in [1.82, 2.24) is 15.3 Å². The first-order valence-corrected chi connectivity index (χ1v) is 7.28. The molecule has 1 aliphatic rings. The molecule has 7 heteroatoms. The number of pyridine rings is 2. The molecule has 0 aromatic carbocycles. The largest absolute Gasteiger partial charge is 0.409 e. The Kier molecular flexibility index (Phi) is 3.92. The SMILES string of the molecule is Cc1cc(C(=O)NC2CCc3cc(/C(N)=N/O)cnc32)ccn1. The molecule has 3 rings (SSSR count). The Morgan fingerprint density at radius 3 is 2.96 bits per heavy atom. The third kappa shape index (κ3) is 2.98. The first-order valence-electron chi connectivity index (χ1n) is 7.28. The van der Waals surface area contributed by atoms with E-state index in [1.54, 1.807) is 24.5 Å². The predicted octanol–water partition coefficient (Wildman–Crippen LogP) is 1.30. The highest BCUT2D eigenvalue weighted by molar-refractivity contribution is 5.97. The van der Waals surface area contributed by atoms with E-state index in [9.17, 15) is 4.79 Å². The lowest BCUT2D eigenvalue weighted by atomic mass is 10.1. The van der Waals surface area contributed by atoms with Gasteiger partial charge in [0.05, 0.1) is 11.7 Å². The lowest BCUT2D eigenvalue weighted by Gasteiger charge is -2.13. The second-order valence-corrected chi connectivity index (χ2v) is 5.50. The van der Waals surface area contributed by atoms with Gasteiger partial charge in [-0.2, -0.15) is 0 Å². The molecule has 2 aromatic heterocycles. The van der Waals surface area contributed by atoms with Gasteiger partial charge in [0.25, 0.3) is 5.91 Å². The monoisotopic (exact) mass is 311 g/mol. The van der Waals surface area contributed by atoms with E-state index >= 15 is 0 Å². The van der Waals surface area contributed by atoms with Gasteiger partial charge in [0.15, 0.2) is 5.84 Å². The van der Waals surface area contributed by atoms with E-state index in [1.807, 2.05) is 13.0 Å². The molecule has 118 valence electrons. The highest BCUT2D eigenvalue weighted by atomic mass is 16.4. The summed E-state index contributed by atoms with van der Waals surface area (Å²) in [5, 5.41) is 14.7. The first-order chi connectivity index (χ1) is 11.1. The molecule has 0 saturated heterocycles. The molecule has 0 fully saturated rings. The lowest BCUT2D eigenvalue weighted by molar-refractivity contribution is 0.0935. The summed E-state index contributed by atoms with van der Waals surface area (Å²) in [4.78, 5) is 20.8. The fourth-order valence-electron chi connectivity index (χ4n) is 2.74. The summed E-state index contributed by atoms with van der Waals surface area (Å²) < 4.78 is 0. The summed E-state index contributed by atoms with van der Waals surface area (Å²) in [5.41, 5.74) is 9.37. The number of hydrogen-bond acceptors (Lipinski definition) is 5. The number of carbonyl (C=O) groups is 1. The van der Waals surface area contributed by atoms with Crippen LogP contribution in [0.4, 0.5) is 0 Å². The number of oxime groups is 1. The zero-order valence-corrected chi connectivity index (χ0v) is 12.7. The number of nitrogens with two attached hydrogens (primary N) is 1. The Morgan fingerprint density at radius 1 is 1.39 bits per heavy atom. The third-order valence-corrected chi connectivity index (χ3v) is 3.90. The van der Waals surface area contributed by atoms with Crippen LogP contribution in [0.5, 0.6) is 0 Å². The molecule has 7 nitrogen and oxygen atoms in total. The highest BCUT2D eigenvalue weighted by Gasteiger charge is 2.26. The van der Waals surface area contributed by atoms with E-state index in [4.69, 9.17) is 10.9 Å². The van der Waals surface area contributed by atoms with Crippen LogP contribution < -0.4 is 11.1 Å². The molecule has 1 amide bonds. The van der Waals surface area contributed by atoms with Crippen molar-refractivity contribution in [2.24, 2.45) is 10.9 Å². The zero-order chi connectivity index (χ0) is 16.4. The molecule has 23 heavy (non-hydrogen) atoms. The summed E-state index contributed by atoms with van der Waals surface area (Å²) in [6.07, 6.45) is 4.73. The zero-order valence-electron chi connectivity index (χ0n) is 12.7. The van der Waals surface area contributed by atoms with Gasteiger partial charge < -0.3 is 16.3 Å². The van der Waals surface area contributed by atoms with Crippen LogP contribution in [0.15, 0.2) is 35.7 Å². The van der Waals surface area contributed by atoms with Gasteiger partial charge in [-0.25, -0.2) is 0 Å². The summed E-state index contributed by atoms with van der Waals surface area (Å²) in [7, 11) is 0. The van der Waals surface area contributed by atoms with Crippen molar-refractivity contribution in [3.05, 3.63) is 58.7 Å². The van der Waals surface area contributed by atoms with Crippen LogP contribution >= 0.6 is 0 Å². The Morgan fingerprint density at radius 2 is 2.22 bits per heavy atom. The van der Waals surface area contributed by atoms with Crippen molar-refractivity contribution < 1.29 is 10.0 Å². The number of fused-ring (bicyclic) bond motifs is 1. The van der Waals surface area contributed by atoms with Gasteiger partial charge in [0, 0.05) is 29.2 Å². The minimum Gasteiger partial charge on any atom is -0.409 e. The predicted molar refractivity (Wildman–Crippen MR) is 84.3 cm³/mol. The van der Waals surface area contributed by atoms with E-state index in [2.05, 4.69) is 20.4 Å². The fraction of sp³-hybridized carbons (Fsp3) is 0.250. The van der Waals surface area contributed by atoms with Gasteiger partial charge in [-0.05, 0) is 43.5 Å². The quantitative estimate of drug-likeness (QED) is 0.342. The van der Waals surface area contributed by atoms with E-state index in [-0.39, 0.29) is 17.8 Å². The van der Waals surface area contributed by atoms with Crippen LogP contribution in [0.25, 0.3) is 0 Å². The second-order valence-electron chi connectivity index (χ2n) is 5.50. The van der Waals surface area contributed by atoms with Gasteiger partial charge in [-0.15, -0.1) is 0 Å². The minimum atomic E-state index is -0.143. The molecular weight excluding hydrogens is 294 g/mol.